The van der Waals surface area contributed by atoms with Gasteiger partial charge >= 0.3 is 0 Å². The molecule has 0 spiro atoms. The Labute approximate surface area is 143 Å². The Morgan fingerprint density at radius 1 is 1.00 bits per heavy atom. The van der Waals surface area contributed by atoms with Crippen molar-refractivity contribution in [2.24, 2.45) is 0 Å². The van der Waals surface area contributed by atoms with Gasteiger partial charge in [-0.15, -0.1) is 0 Å². The first-order valence-electron chi connectivity index (χ1n) is 8.27. The Morgan fingerprint density at radius 3 is 2.38 bits per heavy atom. The lowest BCUT2D eigenvalue weighted by molar-refractivity contribution is 0.101. The van der Waals surface area contributed by atoms with Crippen LogP contribution in [0, 0.1) is 6.92 Å². The van der Waals surface area contributed by atoms with Crippen molar-refractivity contribution >= 4 is 0 Å². The first-order chi connectivity index (χ1) is 11.7. The van der Waals surface area contributed by atoms with E-state index in [1.165, 1.54) is 5.56 Å². The van der Waals surface area contributed by atoms with Crippen LogP contribution >= 0.6 is 0 Å². The van der Waals surface area contributed by atoms with Gasteiger partial charge in [0.25, 0.3) is 0 Å². The molecule has 0 aliphatic carbocycles. The fourth-order valence-electron chi connectivity index (χ4n) is 2.89. The number of imidazole rings is 1. The summed E-state index contributed by atoms with van der Waals surface area (Å²) in [6.45, 7) is 7.51. The molecule has 0 bridgehead atoms. The minimum atomic E-state index is 0.376. The Morgan fingerprint density at radius 2 is 1.71 bits per heavy atom. The number of pyridine rings is 1. The zero-order chi connectivity index (χ0) is 16.9. The number of hydrogen-bond donors (Lipinski definition) is 0. The summed E-state index contributed by atoms with van der Waals surface area (Å²) >= 11 is 0. The van der Waals surface area contributed by atoms with Gasteiger partial charge in [0.15, 0.2) is 0 Å². The molecule has 24 heavy (non-hydrogen) atoms. The molecule has 4 nitrogen and oxygen atoms in total. The molecule has 0 atom stereocenters. The predicted molar refractivity (Wildman–Crippen MR) is 95.1 cm³/mol. The summed E-state index contributed by atoms with van der Waals surface area (Å²) in [5, 5.41) is 0. The molecule has 0 radical (unpaired) electrons. The quantitative estimate of drug-likeness (QED) is 0.675. The maximum atomic E-state index is 5.92. The maximum absolute atomic E-state index is 5.92. The zero-order valence-corrected chi connectivity index (χ0v) is 14.4. The third kappa shape index (κ3) is 3.54. The standard InChI is InChI=1S/C20H23N3O/c1-15(2)20-16(3)23(18-9-11-21-12-10-18)19(22-20)14-24-13-17-7-5-4-6-8-17/h4-12,15H,13-14H2,1-3H3. The normalized spacial score (nSPS) is 11.2. The topological polar surface area (TPSA) is 39.9 Å². The zero-order valence-electron chi connectivity index (χ0n) is 14.4. The summed E-state index contributed by atoms with van der Waals surface area (Å²) in [4.78, 5) is 8.94. The SMILES string of the molecule is Cc1c(C(C)C)nc(COCc2ccccc2)n1-c1ccncc1. The van der Waals surface area contributed by atoms with Gasteiger partial charge in [-0.2, -0.15) is 0 Å². The molecule has 3 rings (SSSR count). The van der Waals surface area contributed by atoms with Gasteiger partial charge in [-0.25, -0.2) is 4.98 Å². The van der Waals surface area contributed by atoms with Crippen molar-refractivity contribution < 1.29 is 4.74 Å². The number of rotatable bonds is 6. The predicted octanol–water partition coefficient (Wildman–Crippen LogP) is 4.42. The molecule has 2 aromatic heterocycles. The lowest BCUT2D eigenvalue weighted by atomic mass is 10.1. The number of nitrogens with zero attached hydrogens (tertiary/aromatic N) is 3. The van der Waals surface area contributed by atoms with Crippen LogP contribution in [0.15, 0.2) is 54.9 Å². The van der Waals surface area contributed by atoms with Crippen LogP contribution in [-0.4, -0.2) is 14.5 Å². The van der Waals surface area contributed by atoms with E-state index in [4.69, 9.17) is 9.72 Å². The van der Waals surface area contributed by atoms with Crippen LogP contribution in [0.3, 0.4) is 0 Å². The minimum Gasteiger partial charge on any atom is -0.369 e. The van der Waals surface area contributed by atoms with Gasteiger partial charge in [-0.1, -0.05) is 44.2 Å². The molecule has 0 aliphatic heterocycles. The summed E-state index contributed by atoms with van der Waals surface area (Å²) in [5.74, 6) is 1.30. The van der Waals surface area contributed by atoms with Crippen LogP contribution in [0.1, 0.15) is 42.5 Å². The second-order valence-electron chi connectivity index (χ2n) is 6.17. The molecule has 124 valence electrons. The number of aromatic nitrogens is 3. The first-order valence-corrected chi connectivity index (χ1v) is 8.27. The van der Waals surface area contributed by atoms with Crippen LogP contribution in [-0.2, 0) is 18.0 Å². The highest BCUT2D eigenvalue weighted by molar-refractivity contribution is 5.36. The van der Waals surface area contributed by atoms with E-state index in [0.29, 0.717) is 19.1 Å². The van der Waals surface area contributed by atoms with Crippen molar-refractivity contribution in [3.63, 3.8) is 0 Å². The smallest absolute Gasteiger partial charge is 0.139 e. The van der Waals surface area contributed by atoms with Crippen molar-refractivity contribution in [2.45, 2.75) is 39.9 Å². The highest BCUT2D eigenvalue weighted by atomic mass is 16.5. The van der Waals surface area contributed by atoms with E-state index in [9.17, 15) is 0 Å². The van der Waals surface area contributed by atoms with Crippen LogP contribution < -0.4 is 0 Å². The average Bonchev–Trinajstić information content (AvgIpc) is 2.93. The van der Waals surface area contributed by atoms with Crippen molar-refractivity contribution in [2.75, 3.05) is 0 Å². The summed E-state index contributed by atoms with van der Waals surface area (Å²) in [5.41, 5.74) is 4.51. The molecule has 0 fully saturated rings. The lowest BCUT2D eigenvalue weighted by Gasteiger charge is -2.11. The molecule has 3 aromatic rings. The van der Waals surface area contributed by atoms with Gasteiger partial charge in [-0.05, 0) is 30.5 Å². The Balaban J connectivity index is 1.85. The van der Waals surface area contributed by atoms with Gasteiger partial charge in [-0.3, -0.25) is 9.55 Å². The molecule has 0 aliphatic rings. The molecule has 0 unspecified atom stereocenters. The van der Waals surface area contributed by atoms with Crippen molar-refractivity contribution in [3.8, 4) is 5.69 Å². The molecular formula is C20H23N3O. The molecule has 0 saturated carbocycles. The van der Waals surface area contributed by atoms with Crippen molar-refractivity contribution in [1.82, 2.24) is 14.5 Å². The molecule has 0 N–H and O–H groups in total. The molecule has 0 amide bonds. The first kappa shape index (κ1) is 16.4. The van der Waals surface area contributed by atoms with Gasteiger partial charge in [0.05, 0.1) is 18.0 Å². The summed E-state index contributed by atoms with van der Waals surface area (Å²) < 4.78 is 8.09. The summed E-state index contributed by atoms with van der Waals surface area (Å²) in [7, 11) is 0. The molecule has 4 heteroatoms. The highest BCUT2D eigenvalue weighted by Crippen LogP contribution is 2.24. The molecule has 0 saturated heterocycles. The van der Waals surface area contributed by atoms with Crippen LogP contribution in [0.25, 0.3) is 5.69 Å². The van der Waals surface area contributed by atoms with E-state index in [1.54, 1.807) is 12.4 Å². The number of hydrogen-bond acceptors (Lipinski definition) is 3. The highest BCUT2D eigenvalue weighted by Gasteiger charge is 2.17. The second kappa shape index (κ2) is 7.41. The second-order valence-corrected chi connectivity index (χ2v) is 6.17. The van der Waals surface area contributed by atoms with Crippen LogP contribution in [0.4, 0.5) is 0 Å². The van der Waals surface area contributed by atoms with E-state index in [1.807, 2.05) is 30.3 Å². The van der Waals surface area contributed by atoms with E-state index in [-0.39, 0.29) is 0 Å². The fourth-order valence-corrected chi connectivity index (χ4v) is 2.89. The lowest BCUT2D eigenvalue weighted by Crippen LogP contribution is -2.05. The van der Waals surface area contributed by atoms with Crippen molar-refractivity contribution in [1.29, 1.82) is 0 Å². The van der Waals surface area contributed by atoms with E-state index < -0.39 is 0 Å². The van der Waals surface area contributed by atoms with Crippen molar-refractivity contribution in [3.05, 3.63) is 77.6 Å². The minimum absolute atomic E-state index is 0.376. The van der Waals surface area contributed by atoms with E-state index >= 15 is 0 Å². The molecule has 1 aromatic carbocycles. The Kier molecular flexibility index (Phi) is 5.06. The maximum Gasteiger partial charge on any atom is 0.139 e. The van der Waals surface area contributed by atoms with Crippen LogP contribution in [0.5, 0.6) is 0 Å². The Hall–Kier alpha value is -2.46. The number of ether oxygens (including phenoxy) is 1. The summed E-state index contributed by atoms with van der Waals surface area (Å²) in [6.07, 6.45) is 3.61. The van der Waals surface area contributed by atoms with Gasteiger partial charge in [0.1, 0.15) is 12.4 Å². The molecule has 2 heterocycles. The summed E-state index contributed by atoms with van der Waals surface area (Å²) in [6, 6.07) is 14.2. The third-order valence-corrected chi connectivity index (χ3v) is 4.02. The Bertz CT molecular complexity index is 779. The van der Waals surface area contributed by atoms with Gasteiger partial charge in [0.2, 0.25) is 0 Å². The van der Waals surface area contributed by atoms with Gasteiger partial charge < -0.3 is 4.74 Å². The van der Waals surface area contributed by atoms with Crippen LogP contribution in [0.2, 0.25) is 0 Å². The van der Waals surface area contributed by atoms with E-state index in [2.05, 4.69) is 42.5 Å². The third-order valence-electron chi connectivity index (χ3n) is 4.02. The largest absolute Gasteiger partial charge is 0.369 e. The fraction of sp³-hybridized carbons (Fsp3) is 0.300. The monoisotopic (exact) mass is 321 g/mol. The number of benzene rings is 1. The van der Waals surface area contributed by atoms with Gasteiger partial charge in [0, 0.05) is 18.1 Å². The molecular weight excluding hydrogens is 298 g/mol. The van der Waals surface area contributed by atoms with E-state index in [0.717, 1.165) is 22.9 Å². The average molecular weight is 321 g/mol.